The first-order chi connectivity index (χ1) is 11.2. The molecule has 0 amide bonds. The van der Waals surface area contributed by atoms with Crippen molar-refractivity contribution in [2.24, 2.45) is 0 Å². The first-order valence-corrected chi connectivity index (χ1v) is 9.13. The van der Waals surface area contributed by atoms with Crippen molar-refractivity contribution in [3.8, 4) is 0 Å². The fraction of sp³-hybridized carbons (Fsp3) is 0.529. The van der Waals surface area contributed by atoms with E-state index in [1.54, 1.807) is 0 Å². The largest absolute Gasteiger partial charge is 0.462 e. The zero-order valence-corrected chi connectivity index (χ0v) is 14.1. The number of hydrogen-bond acceptors (Lipinski definition) is 6. The molecule has 0 N–H and O–H groups in total. The third kappa shape index (κ3) is 3.05. The van der Waals surface area contributed by atoms with Crippen LogP contribution in [0.2, 0.25) is 0 Å². The lowest BCUT2D eigenvalue weighted by Gasteiger charge is -2.35. The molecule has 0 radical (unpaired) electrons. The summed E-state index contributed by atoms with van der Waals surface area (Å²) < 4.78 is 5.07. The molecule has 0 spiro atoms. The predicted molar refractivity (Wildman–Crippen MR) is 92.4 cm³/mol. The van der Waals surface area contributed by atoms with Gasteiger partial charge in [0.05, 0.1) is 6.61 Å². The minimum Gasteiger partial charge on any atom is -0.462 e. The highest BCUT2D eigenvalue weighted by molar-refractivity contribution is 7.20. The summed E-state index contributed by atoms with van der Waals surface area (Å²) in [5.41, 5.74) is 0. The fourth-order valence-electron chi connectivity index (χ4n) is 3.14. The molecule has 2 aromatic rings. The minimum atomic E-state index is -0.255. The molecular formula is C17H21N3O2S. The second kappa shape index (κ2) is 6.09. The number of carbonyl (C=O) groups is 1. The van der Waals surface area contributed by atoms with Gasteiger partial charge in [0.1, 0.15) is 15.5 Å². The third-order valence-corrected chi connectivity index (χ3v) is 5.57. The average molecular weight is 331 g/mol. The van der Waals surface area contributed by atoms with Gasteiger partial charge in [0, 0.05) is 37.6 Å². The standard InChI is InChI=1S/C17H21N3O2S/c1-2-22-17(21)14-11-12-3-6-15(18-16(12)23-14)20-9-7-19(8-10-20)13-4-5-13/h3,6,11,13H,2,4-5,7-10H2,1H3. The Balaban J connectivity index is 1.51. The van der Waals surface area contributed by atoms with Crippen LogP contribution >= 0.6 is 11.3 Å². The Hall–Kier alpha value is -1.66. The normalized spacial score (nSPS) is 19.3. The number of nitrogens with zero attached hydrogens (tertiary/aromatic N) is 3. The van der Waals surface area contributed by atoms with Gasteiger partial charge in [-0.25, -0.2) is 9.78 Å². The number of anilines is 1. The zero-order valence-electron chi connectivity index (χ0n) is 13.3. The van der Waals surface area contributed by atoms with E-state index in [2.05, 4.69) is 21.9 Å². The number of esters is 1. The Morgan fingerprint density at radius 3 is 2.78 bits per heavy atom. The van der Waals surface area contributed by atoms with Crippen molar-refractivity contribution < 1.29 is 9.53 Å². The number of pyridine rings is 1. The Bertz CT molecular complexity index is 718. The number of piperazine rings is 1. The molecule has 5 nitrogen and oxygen atoms in total. The molecule has 122 valence electrons. The van der Waals surface area contributed by atoms with Gasteiger partial charge in [-0.3, -0.25) is 4.90 Å². The van der Waals surface area contributed by atoms with Crippen molar-refractivity contribution in [3.63, 3.8) is 0 Å². The number of hydrogen-bond donors (Lipinski definition) is 0. The summed E-state index contributed by atoms with van der Waals surface area (Å²) in [7, 11) is 0. The highest BCUT2D eigenvalue weighted by Crippen LogP contribution is 2.30. The highest BCUT2D eigenvalue weighted by atomic mass is 32.1. The summed E-state index contributed by atoms with van der Waals surface area (Å²) in [5.74, 6) is 0.764. The summed E-state index contributed by atoms with van der Waals surface area (Å²) in [4.78, 5) is 23.1. The second-order valence-electron chi connectivity index (χ2n) is 6.15. The number of carbonyl (C=O) groups excluding carboxylic acids is 1. The van der Waals surface area contributed by atoms with Crippen LogP contribution in [0.3, 0.4) is 0 Å². The number of rotatable bonds is 4. The smallest absolute Gasteiger partial charge is 0.348 e. The van der Waals surface area contributed by atoms with Crippen LogP contribution in [0, 0.1) is 0 Å². The third-order valence-electron chi connectivity index (χ3n) is 4.55. The van der Waals surface area contributed by atoms with Gasteiger partial charge in [0.15, 0.2) is 0 Å². The highest BCUT2D eigenvalue weighted by Gasteiger charge is 2.31. The monoisotopic (exact) mass is 331 g/mol. The van der Waals surface area contributed by atoms with E-state index < -0.39 is 0 Å². The van der Waals surface area contributed by atoms with E-state index in [0.29, 0.717) is 11.5 Å². The maximum absolute atomic E-state index is 11.9. The molecular weight excluding hydrogens is 310 g/mol. The van der Waals surface area contributed by atoms with Gasteiger partial charge in [-0.1, -0.05) is 0 Å². The van der Waals surface area contributed by atoms with Gasteiger partial charge in [0.25, 0.3) is 0 Å². The molecule has 2 aliphatic rings. The van der Waals surface area contributed by atoms with Gasteiger partial charge < -0.3 is 9.64 Å². The van der Waals surface area contributed by atoms with Gasteiger partial charge in [-0.05, 0) is 38.0 Å². The number of thiophene rings is 1. The Labute approximate surface area is 139 Å². The number of ether oxygens (including phenoxy) is 1. The van der Waals surface area contributed by atoms with Crippen LogP contribution in [-0.4, -0.2) is 54.7 Å². The molecule has 1 aliphatic heterocycles. The van der Waals surface area contributed by atoms with Crippen molar-refractivity contribution in [1.29, 1.82) is 0 Å². The maximum atomic E-state index is 11.9. The summed E-state index contributed by atoms with van der Waals surface area (Å²) >= 11 is 1.42. The van der Waals surface area contributed by atoms with Gasteiger partial charge in [-0.15, -0.1) is 11.3 Å². The quantitative estimate of drug-likeness (QED) is 0.806. The maximum Gasteiger partial charge on any atom is 0.348 e. The zero-order chi connectivity index (χ0) is 15.8. The minimum absolute atomic E-state index is 0.255. The molecule has 0 atom stereocenters. The van der Waals surface area contributed by atoms with Crippen molar-refractivity contribution in [1.82, 2.24) is 9.88 Å². The molecule has 0 bridgehead atoms. The van der Waals surface area contributed by atoms with E-state index >= 15 is 0 Å². The number of aromatic nitrogens is 1. The number of fused-ring (bicyclic) bond motifs is 1. The fourth-order valence-corrected chi connectivity index (χ4v) is 4.06. The molecule has 23 heavy (non-hydrogen) atoms. The summed E-state index contributed by atoms with van der Waals surface area (Å²) in [6.07, 6.45) is 2.74. The Morgan fingerprint density at radius 1 is 1.30 bits per heavy atom. The molecule has 1 aliphatic carbocycles. The Morgan fingerprint density at radius 2 is 2.09 bits per heavy atom. The SMILES string of the molecule is CCOC(=O)c1cc2ccc(N3CCN(C4CC4)CC3)nc2s1. The summed E-state index contributed by atoms with van der Waals surface area (Å²) in [5, 5.41) is 1.01. The molecule has 0 unspecified atom stereocenters. The van der Waals surface area contributed by atoms with Crippen LogP contribution in [-0.2, 0) is 4.74 Å². The van der Waals surface area contributed by atoms with E-state index in [0.717, 1.165) is 48.3 Å². The lowest BCUT2D eigenvalue weighted by molar-refractivity contribution is 0.0532. The Kier molecular flexibility index (Phi) is 3.95. The molecule has 6 heteroatoms. The lowest BCUT2D eigenvalue weighted by atomic mass is 10.2. The molecule has 2 aromatic heterocycles. The van der Waals surface area contributed by atoms with Crippen LogP contribution < -0.4 is 4.90 Å². The summed E-state index contributed by atoms with van der Waals surface area (Å²) in [6, 6.07) is 6.85. The predicted octanol–water partition coefficient (Wildman–Crippen LogP) is 2.76. The van der Waals surface area contributed by atoms with Crippen molar-refractivity contribution >= 4 is 33.3 Å². The van der Waals surface area contributed by atoms with E-state index in [4.69, 9.17) is 9.72 Å². The average Bonchev–Trinajstić information content (AvgIpc) is 3.33. The topological polar surface area (TPSA) is 45.7 Å². The summed E-state index contributed by atoms with van der Waals surface area (Å²) in [6.45, 7) is 6.54. The van der Waals surface area contributed by atoms with Crippen LogP contribution in [0.4, 0.5) is 5.82 Å². The van der Waals surface area contributed by atoms with Crippen molar-refractivity contribution in [2.75, 3.05) is 37.7 Å². The van der Waals surface area contributed by atoms with E-state index in [1.165, 1.54) is 24.2 Å². The molecule has 1 saturated heterocycles. The van der Waals surface area contributed by atoms with Gasteiger partial charge in [0.2, 0.25) is 0 Å². The first-order valence-electron chi connectivity index (χ1n) is 8.31. The van der Waals surface area contributed by atoms with Crippen LogP contribution in [0.5, 0.6) is 0 Å². The molecule has 2 fully saturated rings. The van der Waals surface area contributed by atoms with Gasteiger partial charge in [-0.2, -0.15) is 0 Å². The molecule has 3 heterocycles. The van der Waals surface area contributed by atoms with Crippen LogP contribution in [0.1, 0.15) is 29.4 Å². The first kappa shape index (κ1) is 14.9. The second-order valence-corrected chi connectivity index (χ2v) is 7.18. The van der Waals surface area contributed by atoms with Crippen molar-refractivity contribution in [2.45, 2.75) is 25.8 Å². The van der Waals surface area contributed by atoms with Crippen LogP contribution in [0.25, 0.3) is 10.2 Å². The van der Waals surface area contributed by atoms with E-state index in [-0.39, 0.29) is 5.97 Å². The lowest BCUT2D eigenvalue weighted by Crippen LogP contribution is -2.47. The van der Waals surface area contributed by atoms with E-state index in [9.17, 15) is 4.79 Å². The molecule has 4 rings (SSSR count). The molecule has 1 saturated carbocycles. The van der Waals surface area contributed by atoms with Gasteiger partial charge >= 0.3 is 5.97 Å². The molecule has 0 aromatic carbocycles. The van der Waals surface area contributed by atoms with E-state index in [1.807, 2.05) is 13.0 Å². The van der Waals surface area contributed by atoms with Crippen LogP contribution in [0.15, 0.2) is 18.2 Å². The van der Waals surface area contributed by atoms with Crippen molar-refractivity contribution in [3.05, 3.63) is 23.1 Å².